The van der Waals surface area contributed by atoms with Gasteiger partial charge in [0.15, 0.2) is 5.78 Å². The summed E-state index contributed by atoms with van der Waals surface area (Å²) in [5, 5.41) is 0. The molecule has 140 valence electrons. The zero-order valence-corrected chi connectivity index (χ0v) is 15.4. The van der Waals surface area contributed by atoms with E-state index in [1.54, 1.807) is 19.1 Å². The van der Waals surface area contributed by atoms with E-state index in [1.165, 1.54) is 12.1 Å². The number of alkyl halides is 3. The highest BCUT2D eigenvalue weighted by Crippen LogP contribution is 2.38. The first-order chi connectivity index (χ1) is 12.0. The number of hydrogen-bond donors (Lipinski definition) is 1. The third-order valence-electron chi connectivity index (χ3n) is 3.90. The normalized spacial score (nSPS) is 13.0. The first-order valence-corrected chi connectivity index (χ1v) is 8.83. The van der Waals surface area contributed by atoms with Crippen molar-refractivity contribution in [2.45, 2.75) is 43.5 Å². The third kappa shape index (κ3) is 5.72. The fourth-order valence-corrected chi connectivity index (χ4v) is 3.22. The zero-order chi connectivity index (χ0) is 19.5. The smallest absolute Gasteiger partial charge is 0.311 e. The van der Waals surface area contributed by atoms with Crippen LogP contribution in [0.3, 0.4) is 0 Å². The number of aromatic nitrogens is 2. The number of rotatable bonds is 6. The minimum atomic E-state index is -4.33. The Morgan fingerprint density at radius 3 is 2.35 bits per heavy atom. The van der Waals surface area contributed by atoms with Crippen LogP contribution in [0.15, 0.2) is 40.0 Å². The molecule has 0 aliphatic carbocycles. The van der Waals surface area contributed by atoms with Crippen LogP contribution in [0.5, 0.6) is 0 Å². The predicted octanol–water partition coefficient (Wildman–Crippen LogP) is 4.70. The molecule has 0 fully saturated rings. The summed E-state index contributed by atoms with van der Waals surface area (Å²) in [4.78, 5) is 30.7. The van der Waals surface area contributed by atoms with Gasteiger partial charge in [-0.2, -0.15) is 13.2 Å². The van der Waals surface area contributed by atoms with E-state index >= 15 is 0 Å². The minimum Gasteiger partial charge on any atom is -0.311 e. The van der Waals surface area contributed by atoms with Crippen LogP contribution in [0, 0.1) is 12.8 Å². The summed E-state index contributed by atoms with van der Waals surface area (Å²) in [5.74, 6) is -0.0147. The summed E-state index contributed by atoms with van der Waals surface area (Å²) >= 11 is -0.172. The number of nitrogens with one attached hydrogen (secondary N) is 1. The number of thioether (sulfide) groups is 1. The van der Waals surface area contributed by atoms with Gasteiger partial charge >= 0.3 is 5.51 Å². The number of carbonyl (C=O) groups is 1. The summed E-state index contributed by atoms with van der Waals surface area (Å²) in [7, 11) is 0. The topological polar surface area (TPSA) is 62.8 Å². The summed E-state index contributed by atoms with van der Waals surface area (Å²) in [5.41, 5.74) is -3.85. The Hall–Kier alpha value is -2.09. The van der Waals surface area contributed by atoms with Gasteiger partial charge in [0.2, 0.25) is 0 Å². The maximum Gasteiger partial charge on any atom is 0.446 e. The number of carbonyl (C=O) groups excluding carboxylic acids is 1. The number of nitrogens with zero attached hydrogens (tertiary/aromatic N) is 1. The van der Waals surface area contributed by atoms with Crippen molar-refractivity contribution in [1.29, 1.82) is 0 Å². The molecule has 1 aromatic heterocycles. The molecule has 0 bridgehead atoms. The van der Waals surface area contributed by atoms with E-state index in [0.717, 1.165) is 11.6 Å². The molecule has 2 aromatic rings. The highest BCUT2D eigenvalue weighted by atomic mass is 32.2. The van der Waals surface area contributed by atoms with E-state index in [9.17, 15) is 22.8 Å². The van der Waals surface area contributed by atoms with Gasteiger partial charge in [0.1, 0.15) is 11.5 Å². The predicted molar refractivity (Wildman–Crippen MR) is 94.5 cm³/mol. The number of Topliss-reactive ketones (excluding diaryl/α,β-unsaturated/α-hetero) is 1. The summed E-state index contributed by atoms with van der Waals surface area (Å²) in [6, 6.07) is 7.20. The van der Waals surface area contributed by atoms with E-state index < -0.39 is 11.1 Å². The lowest BCUT2D eigenvalue weighted by Gasteiger charge is -2.21. The van der Waals surface area contributed by atoms with Gasteiger partial charge in [-0.1, -0.05) is 26.0 Å². The van der Waals surface area contributed by atoms with E-state index in [-0.39, 0.29) is 46.4 Å². The molecule has 0 saturated carbocycles. The van der Waals surface area contributed by atoms with Crippen LogP contribution in [0.25, 0.3) is 0 Å². The van der Waals surface area contributed by atoms with E-state index in [2.05, 4.69) is 9.97 Å². The monoisotopic (exact) mass is 384 g/mol. The minimum absolute atomic E-state index is 0.0863. The molecule has 26 heavy (non-hydrogen) atoms. The molecule has 0 radical (unpaired) electrons. The summed E-state index contributed by atoms with van der Waals surface area (Å²) < 4.78 is 37.3. The number of halogens is 3. The number of aromatic amines is 1. The first-order valence-electron chi connectivity index (χ1n) is 8.02. The van der Waals surface area contributed by atoms with Gasteiger partial charge in [0, 0.05) is 17.4 Å². The lowest BCUT2D eigenvalue weighted by atomic mass is 9.84. The molecule has 1 aromatic carbocycles. The van der Waals surface area contributed by atoms with Crippen LogP contribution in [-0.2, 0) is 0 Å². The van der Waals surface area contributed by atoms with E-state index in [1.807, 2.05) is 13.8 Å². The van der Waals surface area contributed by atoms with Crippen LogP contribution in [0.1, 0.15) is 48.1 Å². The largest absolute Gasteiger partial charge is 0.446 e. The summed E-state index contributed by atoms with van der Waals surface area (Å²) in [6.07, 6.45) is 0.124. The molecule has 2 rings (SSSR count). The Balaban J connectivity index is 2.20. The molecule has 8 heteroatoms. The fraction of sp³-hybridized carbons (Fsp3) is 0.389. The van der Waals surface area contributed by atoms with E-state index in [0.29, 0.717) is 5.82 Å². The van der Waals surface area contributed by atoms with E-state index in [4.69, 9.17) is 0 Å². The molecule has 0 aliphatic heterocycles. The van der Waals surface area contributed by atoms with Gasteiger partial charge in [-0.05, 0) is 48.2 Å². The molecule has 4 nitrogen and oxygen atoms in total. The highest BCUT2D eigenvalue weighted by Gasteiger charge is 2.29. The molecule has 0 aliphatic rings. The second-order valence-corrected chi connectivity index (χ2v) is 7.45. The molecular weight excluding hydrogens is 365 g/mol. The van der Waals surface area contributed by atoms with Gasteiger partial charge < -0.3 is 4.98 Å². The Kier molecular flexibility index (Phi) is 6.28. The number of ketones is 1. The number of H-pyrrole nitrogens is 1. The molecule has 0 spiro atoms. The maximum atomic E-state index is 12.5. The van der Waals surface area contributed by atoms with Crippen LogP contribution in [0.2, 0.25) is 0 Å². The van der Waals surface area contributed by atoms with Crippen molar-refractivity contribution in [3.8, 4) is 0 Å². The Labute approximate surface area is 153 Å². The average molecular weight is 384 g/mol. The Morgan fingerprint density at radius 2 is 1.85 bits per heavy atom. The standard InChI is InChI=1S/C18H19F3N2O2S/c1-10(2)14(8-16(24)15-9-17(25)23-11(3)22-15)12-4-6-13(7-5-12)26-18(19,20)21/h4-7,9-10,14H,8H2,1-3H3,(H,22,23,25)/t14-/m1/s1. The van der Waals surface area contributed by atoms with Crippen molar-refractivity contribution in [3.63, 3.8) is 0 Å². The van der Waals surface area contributed by atoms with Crippen molar-refractivity contribution in [2.75, 3.05) is 0 Å². The van der Waals surface area contributed by atoms with Crippen LogP contribution < -0.4 is 5.56 Å². The Morgan fingerprint density at radius 1 is 1.23 bits per heavy atom. The molecular formula is C18H19F3N2O2S. The summed E-state index contributed by atoms with van der Waals surface area (Å²) in [6.45, 7) is 5.47. The van der Waals surface area contributed by atoms with Crippen molar-refractivity contribution in [2.24, 2.45) is 5.92 Å². The van der Waals surface area contributed by atoms with Gasteiger partial charge in [-0.25, -0.2) is 4.98 Å². The Bertz CT molecular complexity index is 830. The number of benzene rings is 1. The molecule has 0 amide bonds. The van der Waals surface area contributed by atoms with Gasteiger partial charge in [0.05, 0.1) is 0 Å². The third-order valence-corrected chi connectivity index (χ3v) is 4.64. The maximum absolute atomic E-state index is 12.5. The lowest BCUT2D eigenvalue weighted by Crippen LogP contribution is -2.18. The van der Waals surface area contributed by atoms with Gasteiger partial charge in [-0.3, -0.25) is 9.59 Å². The van der Waals surface area contributed by atoms with Crippen molar-refractivity contribution in [3.05, 3.63) is 57.8 Å². The SMILES string of the molecule is Cc1nc(C(=O)C[C@@H](c2ccc(SC(F)(F)F)cc2)C(C)C)cc(=O)[nH]1. The molecule has 0 saturated heterocycles. The second kappa shape index (κ2) is 8.07. The first kappa shape index (κ1) is 20.2. The molecule has 1 atom stereocenters. The van der Waals surface area contributed by atoms with Crippen LogP contribution >= 0.6 is 11.8 Å². The zero-order valence-electron chi connectivity index (χ0n) is 14.6. The van der Waals surface area contributed by atoms with Crippen molar-refractivity contribution >= 4 is 17.5 Å². The van der Waals surface area contributed by atoms with Gasteiger partial charge in [0.25, 0.3) is 5.56 Å². The second-order valence-electron chi connectivity index (χ2n) is 6.31. The van der Waals surface area contributed by atoms with Crippen molar-refractivity contribution in [1.82, 2.24) is 9.97 Å². The molecule has 1 heterocycles. The number of aryl methyl sites for hydroxylation is 1. The highest BCUT2D eigenvalue weighted by molar-refractivity contribution is 8.00. The molecule has 1 N–H and O–H groups in total. The quantitative estimate of drug-likeness (QED) is 0.579. The lowest BCUT2D eigenvalue weighted by molar-refractivity contribution is -0.0328. The molecule has 0 unspecified atom stereocenters. The van der Waals surface area contributed by atoms with Crippen LogP contribution in [-0.4, -0.2) is 21.3 Å². The van der Waals surface area contributed by atoms with Crippen molar-refractivity contribution < 1.29 is 18.0 Å². The fourth-order valence-electron chi connectivity index (χ4n) is 2.68. The number of hydrogen-bond acceptors (Lipinski definition) is 4. The van der Waals surface area contributed by atoms with Gasteiger partial charge in [-0.15, -0.1) is 0 Å². The average Bonchev–Trinajstić information content (AvgIpc) is 2.50. The van der Waals surface area contributed by atoms with Crippen LogP contribution in [0.4, 0.5) is 13.2 Å².